The summed E-state index contributed by atoms with van der Waals surface area (Å²) in [7, 11) is 0. The molecule has 1 aromatic rings. The third-order valence-corrected chi connectivity index (χ3v) is 4.08. The van der Waals surface area contributed by atoms with Crippen LogP contribution >= 0.6 is 0 Å². The number of hydrogen-bond acceptors (Lipinski definition) is 0. The lowest BCUT2D eigenvalue weighted by molar-refractivity contribution is 0.509. The van der Waals surface area contributed by atoms with Crippen molar-refractivity contribution in [2.24, 2.45) is 5.92 Å². The first kappa shape index (κ1) is 7.61. The van der Waals surface area contributed by atoms with E-state index in [0.717, 1.165) is 5.92 Å². The van der Waals surface area contributed by atoms with Crippen molar-refractivity contribution in [3.05, 3.63) is 35.4 Å². The molecule has 13 heavy (non-hydrogen) atoms. The second-order valence-corrected chi connectivity index (χ2v) is 4.77. The van der Waals surface area contributed by atoms with Gasteiger partial charge >= 0.3 is 0 Å². The zero-order chi connectivity index (χ0) is 8.89. The maximum absolute atomic E-state index is 2.40. The minimum absolute atomic E-state index is 0.620. The predicted molar refractivity (Wildman–Crippen MR) is 54.8 cm³/mol. The van der Waals surface area contributed by atoms with Crippen LogP contribution in [0.5, 0.6) is 0 Å². The van der Waals surface area contributed by atoms with Gasteiger partial charge in [-0.2, -0.15) is 0 Å². The van der Waals surface area contributed by atoms with Crippen molar-refractivity contribution in [2.75, 3.05) is 0 Å². The van der Waals surface area contributed by atoms with E-state index in [1.807, 2.05) is 0 Å². The van der Waals surface area contributed by atoms with Crippen LogP contribution in [0.25, 0.3) is 0 Å². The van der Waals surface area contributed by atoms with Gasteiger partial charge in [-0.15, -0.1) is 0 Å². The molecular weight excluding hydrogens is 156 g/mol. The van der Waals surface area contributed by atoms with Gasteiger partial charge in [-0.3, -0.25) is 0 Å². The average molecular weight is 172 g/mol. The first-order valence-electron chi connectivity index (χ1n) is 5.41. The summed E-state index contributed by atoms with van der Waals surface area (Å²) in [5.74, 6) is 0.939. The second-order valence-electron chi connectivity index (χ2n) is 4.77. The molecule has 3 rings (SSSR count). The largest absolute Gasteiger partial charge is 0.0620 e. The molecule has 2 atom stereocenters. The minimum Gasteiger partial charge on any atom is -0.0620 e. The van der Waals surface area contributed by atoms with Crippen LogP contribution in [0.3, 0.4) is 0 Å². The van der Waals surface area contributed by atoms with E-state index in [1.165, 1.54) is 25.7 Å². The summed E-state index contributed by atoms with van der Waals surface area (Å²) in [6.45, 7) is 2.40. The summed E-state index contributed by atoms with van der Waals surface area (Å²) in [6, 6.07) is 9.07. The van der Waals surface area contributed by atoms with Gasteiger partial charge in [0, 0.05) is 0 Å². The van der Waals surface area contributed by atoms with Crippen molar-refractivity contribution in [3.8, 4) is 0 Å². The Hall–Kier alpha value is -0.780. The van der Waals surface area contributed by atoms with Crippen molar-refractivity contribution in [3.63, 3.8) is 0 Å². The molecule has 0 aromatic heterocycles. The Morgan fingerprint density at radius 3 is 2.85 bits per heavy atom. The fourth-order valence-electron chi connectivity index (χ4n) is 3.16. The molecule has 2 aliphatic carbocycles. The maximum Gasteiger partial charge on any atom is -0.00154 e. The maximum atomic E-state index is 2.40. The van der Waals surface area contributed by atoms with Gasteiger partial charge in [-0.05, 0) is 48.1 Å². The van der Waals surface area contributed by atoms with E-state index in [9.17, 15) is 0 Å². The number of benzene rings is 1. The van der Waals surface area contributed by atoms with Gasteiger partial charge in [0.05, 0.1) is 0 Å². The highest BCUT2D eigenvalue weighted by Crippen LogP contribution is 2.59. The van der Waals surface area contributed by atoms with Crippen molar-refractivity contribution < 1.29 is 0 Å². The predicted octanol–water partition coefficient (Wildman–Crippen LogP) is 3.30. The molecule has 0 heterocycles. The monoisotopic (exact) mass is 172 g/mol. The van der Waals surface area contributed by atoms with Crippen molar-refractivity contribution in [1.29, 1.82) is 0 Å². The van der Waals surface area contributed by atoms with E-state index in [4.69, 9.17) is 0 Å². The standard InChI is InChI=1S/C13H16/c1-10-9-13(10)8-4-6-11-5-2-3-7-12(11)13/h2-3,5,7,10H,4,6,8-9H2,1H3. The lowest BCUT2D eigenvalue weighted by atomic mass is 9.79. The van der Waals surface area contributed by atoms with E-state index >= 15 is 0 Å². The molecule has 2 aliphatic rings. The van der Waals surface area contributed by atoms with Crippen molar-refractivity contribution in [2.45, 2.75) is 38.0 Å². The molecule has 0 radical (unpaired) electrons. The molecule has 2 unspecified atom stereocenters. The van der Waals surface area contributed by atoms with Crippen molar-refractivity contribution in [1.82, 2.24) is 0 Å². The van der Waals surface area contributed by atoms with Gasteiger partial charge in [0.2, 0.25) is 0 Å². The summed E-state index contributed by atoms with van der Waals surface area (Å²) in [6.07, 6.45) is 5.58. The topological polar surface area (TPSA) is 0 Å². The zero-order valence-corrected chi connectivity index (χ0v) is 8.22. The normalized spacial score (nSPS) is 35.9. The summed E-state index contributed by atoms with van der Waals surface area (Å²) < 4.78 is 0. The lowest BCUT2D eigenvalue weighted by Crippen LogP contribution is -2.17. The van der Waals surface area contributed by atoms with Crippen LogP contribution in [-0.2, 0) is 11.8 Å². The molecule has 1 saturated carbocycles. The van der Waals surface area contributed by atoms with Gasteiger partial charge in [-0.25, -0.2) is 0 Å². The zero-order valence-electron chi connectivity index (χ0n) is 8.22. The third kappa shape index (κ3) is 0.919. The highest BCUT2D eigenvalue weighted by Gasteiger charge is 2.53. The van der Waals surface area contributed by atoms with Crippen LogP contribution in [0, 0.1) is 5.92 Å². The molecular formula is C13H16. The summed E-state index contributed by atoms with van der Waals surface area (Å²) in [5, 5.41) is 0. The summed E-state index contributed by atoms with van der Waals surface area (Å²) in [4.78, 5) is 0. The van der Waals surface area contributed by atoms with Gasteiger partial charge < -0.3 is 0 Å². The number of hydrogen-bond donors (Lipinski definition) is 0. The van der Waals surface area contributed by atoms with E-state index < -0.39 is 0 Å². The minimum atomic E-state index is 0.620. The molecule has 68 valence electrons. The summed E-state index contributed by atoms with van der Waals surface area (Å²) in [5.41, 5.74) is 3.92. The molecule has 1 spiro atoms. The Kier molecular flexibility index (Phi) is 1.39. The molecule has 0 nitrogen and oxygen atoms in total. The van der Waals surface area contributed by atoms with Gasteiger partial charge in [0.1, 0.15) is 0 Å². The highest BCUT2D eigenvalue weighted by atomic mass is 14.6. The number of fused-ring (bicyclic) bond motifs is 2. The van der Waals surface area contributed by atoms with E-state index in [-0.39, 0.29) is 0 Å². The molecule has 1 fully saturated rings. The molecule has 0 heteroatoms. The molecule has 0 saturated heterocycles. The van der Waals surface area contributed by atoms with Crippen molar-refractivity contribution >= 4 is 0 Å². The smallest absolute Gasteiger partial charge is 0.00154 e. The number of aryl methyl sites for hydroxylation is 1. The van der Waals surface area contributed by atoms with Gasteiger partial charge in [0.15, 0.2) is 0 Å². The van der Waals surface area contributed by atoms with Crippen LogP contribution in [0.4, 0.5) is 0 Å². The SMILES string of the molecule is CC1CC12CCCc1ccccc12. The Labute approximate surface area is 80.0 Å². The Bertz CT molecular complexity index is 340. The third-order valence-electron chi connectivity index (χ3n) is 4.08. The molecule has 0 bridgehead atoms. The first-order valence-corrected chi connectivity index (χ1v) is 5.41. The summed E-state index contributed by atoms with van der Waals surface area (Å²) >= 11 is 0. The molecule has 0 amide bonds. The van der Waals surface area contributed by atoms with E-state index in [0.29, 0.717) is 5.41 Å². The van der Waals surface area contributed by atoms with Crippen LogP contribution in [0.1, 0.15) is 37.3 Å². The van der Waals surface area contributed by atoms with Crippen LogP contribution in [0.15, 0.2) is 24.3 Å². The van der Waals surface area contributed by atoms with Gasteiger partial charge in [0.25, 0.3) is 0 Å². The van der Waals surface area contributed by atoms with E-state index in [1.54, 1.807) is 11.1 Å². The lowest BCUT2D eigenvalue weighted by Gasteiger charge is -2.26. The van der Waals surface area contributed by atoms with Crippen LogP contribution in [-0.4, -0.2) is 0 Å². The molecule has 0 aliphatic heterocycles. The molecule has 1 aromatic carbocycles. The average Bonchev–Trinajstić information content (AvgIpc) is 2.79. The number of rotatable bonds is 0. The second kappa shape index (κ2) is 2.37. The van der Waals surface area contributed by atoms with Gasteiger partial charge in [-0.1, -0.05) is 31.2 Å². The first-order chi connectivity index (χ1) is 6.33. The quantitative estimate of drug-likeness (QED) is 0.563. The van der Waals surface area contributed by atoms with E-state index in [2.05, 4.69) is 31.2 Å². The van der Waals surface area contributed by atoms with Crippen LogP contribution in [0.2, 0.25) is 0 Å². The fraction of sp³-hybridized carbons (Fsp3) is 0.538. The Balaban J connectivity index is 2.13. The Morgan fingerprint density at radius 2 is 2.08 bits per heavy atom. The Morgan fingerprint density at radius 1 is 1.31 bits per heavy atom. The fourth-order valence-corrected chi connectivity index (χ4v) is 3.16. The molecule has 0 N–H and O–H groups in total. The van der Waals surface area contributed by atoms with Crippen LogP contribution < -0.4 is 0 Å². The highest BCUT2D eigenvalue weighted by molar-refractivity contribution is 5.41.